The molecule has 2 aromatic heterocycles. The number of aromatic amines is 1. The van der Waals surface area contributed by atoms with Crippen molar-refractivity contribution in [3.8, 4) is 22.9 Å². The number of ether oxygens (including phenoxy) is 2. The third-order valence-corrected chi connectivity index (χ3v) is 6.23. The number of carbonyl (C=O) groups excluding carboxylic acids is 2. The Kier molecular flexibility index (Phi) is 7.25. The summed E-state index contributed by atoms with van der Waals surface area (Å²) in [5.74, 6) is -4.86. The van der Waals surface area contributed by atoms with E-state index < -0.39 is 34.9 Å². The molecule has 0 aliphatic heterocycles. The zero-order valence-electron chi connectivity index (χ0n) is 21.1. The second kappa shape index (κ2) is 10.4. The minimum atomic E-state index is -1.08. The van der Waals surface area contributed by atoms with E-state index in [4.69, 9.17) is 15.2 Å². The van der Waals surface area contributed by atoms with Crippen LogP contribution in [0.5, 0.6) is 11.6 Å². The van der Waals surface area contributed by atoms with Crippen molar-refractivity contribution in [3.05, 3.63) is 86.7 Å². The minimum absolute atomic E-state index is 0.0105. The summed E-state index contributed by atoms with van der Waals surface area (Å²) < 4.78 is 39.2. The molecule has 0 saturated heterocycles. The van der Waals surface area contributed by atoms with Gasteiger partial charge in [-0.15, -0.1) is 0 Å². The fraction of sp³-hybridized carbons (Fsp3) is 0.214. The summed E-state index contributed by atoms with van der Waals surface area (Å²) in [5, 5.41) is 0.653. The summed E-state index contributed by atoms with van der Waals surface area (Å²) in [6, 6.07) is 10.9. The maximum Gasteiger partial charge on any atom is 0.344 e. The van der Waals surface area contributed by atoms with Gasteiger partial charge in [0.2, 0.25) is 17.2 Å². The molecule has 0 aliphatic carbocycles. The summed E-state index contributed by atoms with van der Waals surface area (Å²) in [6.45, 7) is 5.96. The summed E-state index contributed by atoms with van der Waals surface area (Å²) in [4.78, 5) is 46.2. The monoisotopic (exact) mass is 521 g/mol. The number of benzene rings is 2. The standard InChI is InChI=1S/C28H25F2N3O5/c1-5-37-28(36)22-24(32-15(4)21(25(22)34)14(3)26(31)35)17-12-16-8-6-7-9-19(16)33-27(17)38-20-11-10-18(29)23(30)13(20)2/h6-12,14H,5H2,1-4H3,(H2,31,35)(H,32,34)/t14-/m0/s1. The van der Waals surface area contributed by atoms with Gasteiger partial charge in [0.25, 0.3) is 0 Å². The second-order valence-corrected chi connectivity index (χ2v) is 8.71. The number of hydrogen-bond donors (Lipinski definition) is 2. The van der Waals surface area contributed by atoms with Crippen molar-refractivity contribution < 1.29 is 27.8 Å². The Labute approximate surface area is 216 Å². The fourth-order valence-electron chi connectivity index (χ4n) is 4.20. The van der Waals surface area contributed by atoms with Gasteiger partial charge in [-0.05, 0) is 52.0 Å². The van der Waals surface area contributed by atoms with Gasteiger partial charge >= 0.3 is 5.97 Å². The average molecular weight is 522 g/mol. The van der Waals surface area contributed by atoms with Crippen LogP contribution in [0.3, 0.4) is 0 Å². The number of hydrogen-bond acceptors (Lipinski definition) is 6. The number of para-hydroxylation sites is 1. The Morgan fingerprint density at radius 3 is 2.53 bits per heavy atom. The molecule has 1 amide bonds. The van der Waals surface area contributed by atoms with Gasteiger partial charge in [0.05, 0.1) is 29.3 Å². The highest BCUT2D eigenvalue weighted by molar-refractivity contribution is 5.99. The SMILES string of the molecule is CCOC(=O)c1c(-c2cc3ccccc3nc2Oc2ccc(F)c(F)c2C)[nH]c(C)c([C@H](C)C(N)=O)c1=O. The van der Waals surface area contributed by atoms with Crippen LogP contribution in [0, 0.1) is 25.5 Å². The summed E-state index contributed by atoms with van der Waals surface area (Å²) in [7, 11) is 0. The van der Waals surface area contributed by atoms with Gasteiger partial charge in [-0.2, -0.15) is 0 Å². The van der Waals surface area contributed by atoms with E-state index in [-0.39, 0.29) is 46.2 Å². The number of aryl methyl sites for hydroxylation is 1. The molecule has 38 heavy (non-hydrogen) atoms. The van der Waals surface area contributed by atoms with Gasteiger partial charge in [-0.25, -0.2) is 18.6 Å². The number of primary amides is 1. The molecule has 0 aliphatic rings. The number of nitrogens with zero attached hydrogens (tertiary/aromatic N) is 1. The molecule has 3 N–H and O–H groups in total. The van der Waals surface area contributed by atoms with Crippen molar-refractivity contribution in [1.82, 2.24) is 9.97 Å². The molecule has 196 valence electrons. The Morgan fingerprint density at radius 1 is 1.13 bits per heavy atom. The molecule has 0 unspecified atom stereocenters. The topological polar surface area (TPSA) is 124 Å². The lowest BCUT2D eigenvalue weighted by Gasteiger charge is -2.19. The van der Waals surface area contributed by atoms with Gasteiger partial charge in [-0.1, -0.05) is 18.2 Å². The number of amides is 1. The lowest BCUT2D eigenvalue weighted by Crippen LogP contribution is -2.30. The van der Waals surface area contributed by atoms with E-state index >= 15 is 0 Å². The highest BCUT2D eigenvalue weighted by Gasteiger charge is 2.29. The number of rotatable bonds is 7. The Morgan fingerprint density at radius 2 is 1.84 bits per heavy atom. The zero-order valence-corrected chi connectivity index (χ0v) is 21.1. The maximum absolute atomic E-state index is 14.3. The predicted molar refractivity (Wildman–Crippen MR) is 137 cm³/mol. The molecule has 0 fully saturated rings. The molecule has 4 rings (SSSR count). The first-order valence-corrected chi connectivity index (χ1v) is 11.8. The van der Waals surface area contributed by atoms with Crippen molar-refractivity contribution in [2.24, 2.45) is 5.73 Å². The molecule has 4 aromatic rings. The van der Waals surface area contributed by atoms with Crippen LogP contribution >= 0.6 is 0 Å². The van der Waals surface area contributed by atoms with E-state index in [9.17, 15) is 23.2 Å². The van der Waals surface area contributed by atoms with E-state index in [1.807, 2.05) is 0 Å². The third-order valence-electron chi connectivity index (χ3n) is 6.23. The molecule has 1 atom stereocenters. The molecule has 8 nitrogen and oxygen atoms in total. The molecule has 10 heteroatoms. The highest BCUT2D eigenvalue weighted by Crippen LogP contribution is 2.37. The van der Waals surface area contributed by atoms with Crippen LogP contribution in [0.1, 0.15) is 46.9 Å². The quantitative estimate of drug-likeness (QED) is 0.328. The number of carbonyl (C=O) groups is 2. The second-order valence-electron chi connectivity index (χ2n) is 8.71. The highest BCUT2D eigenvalue weighted by atomic mass is 19.2. The Balaban J connectivity index is 2.05. The molecule has 0 spiro atoms. The summed E-state index contributed by atoms with van der Waals surface area (Å²) in [6.07, 6.45) is 0. The normalized spacial score (nSPS) is 11.8. The van der Waals surface area contributed by atoms with E-state index in [1.165, 1.54) is 19.9 Å². The zero-order chi connectivity index (χ0) is 27.7. The average Bonchev–Trinajstić information content (AvgIpc) is 2.88. The van der Waals surface area contributed by atoms with Gasteiger partial charge in [0.15, 0.2) is 11.6 Å². The molecule has 0 saturated carbocycles. The van der Waals surface area contributed by atoms with Crippen molar-refractivity contribution in [2.45, 2.75) is 33.6 Å². The van der Waals surface area contributed by atoms with Crippen LogP contribution in [0.25, 0.3) is 22.2 Å². The van der Waals surface area contributed by atoms with Crippen LogP contribution < -0.4 is 15.9 Å². The smallest absolute Gasteiger partial charge is 0.344 e. The van der Waals surface area contributed by atoms with Gasteiger partial charge in [-0.3, -0.25) is 9.59 Å². The number of nitrogens with two attached hydrogens (primary N) is 1. The molecular formula is C28H25F2N3O5. The molecule has 2 aromatic carbocycles. The number of esters is 1. The molecule has 0 radical (unpaired) electrons. The number of fused-ring (bicyclic) bond motifs is 1. The number of pyridine rings is 2. The van der Waals surface area contributed by atoms with Gasteiger partial charge < -0.3 is 20.2 Å². The van der Waals surface area contributed by atoms with Crippen LogP contribution in [-0.2, 0) is 9.53 Å². The summed E-state index contributed by atoms with van der Waals surface area (Å²) >= 11 is 0. The van der Waals surface area contributed by atoms with Crippen LogP contribution in [-0.4, -0.2) is 28.5 Å². The number of aromatic nitrogens is 2. The van der Waals surface area contributed by atoms with Gasteiger partial charge in [0.1, 0.15) is 11.3 Å². The van der Waals surface area contributed by atoms with E-state index in [0.717, 1.165) is 6.07 Å². The van der Waals surface area contributed by atoms with E-state index in [0.29, 0.717) is 16.6 Å². The minimum Gasteiger partial charge on any atom is -0.462 e. The van der Waals surface area contributed by atoms with E-state index in [1.54, 1.807) is 44.2 Å². The maximum atomic E-state index is 14.3. The lowest BCUT2D eigenvalue weighted by molar-refractivity contribution is -0.119. The first-order chi connectivity index (χ1) is 18.0. The number of H-pyrrole nitrogens is 1. The first kappa shape index (κ1) is 26.5. The number of halogens is 2. The molecular weight excluding hydrogens is 496 g/mol. The molecule has 2 heterocycles. The van der Waals surface area contributed by atoms with Crippen molar-refractivity contribution in [1.29, 1.82) is 0 Å². The number of nitrogens with one attached hydrogen (secondary N) is 1. The van der Waals surface area contributed by atoms with Crippen LogP contribution in [0.15, 0.2) is 47.3 Å². The molecule has 0 bridgehead atoms. The van der Waals surface area contributed by atoms with Gasteiger partial charge in [0, 0.05) is 22.2 Å². The van der Waals surface area contributed by atoms with E-state index in [2.05, 4.69) is 9.97 Å². The fourth-order valence-corrected chi connectivity index (χ4v) is 4.20. The third kappa shape index (κ3) is 4.72. The largest absolute Gasteiger partial charge is 0.462 e. The van der Waals surface area contributed by atoms with Crippen molar-refractivity contribution >= 4 is 22.8 Å². The summed E-state index contributed by atoms with van der Waals surface area (Å²) in [5.41, 5.74) is 5.32. The van der Waals surface area contributed by atoms with Crippen molar-refractivity contribution in [2.75, 3.05) is 6.61 Å². The Bertz CT molecular complexity index is 1650. The van der Waals surface area contributed by atoms with Crippen molar-refractivity contribution in [3.63, 3.8) is 0 Å². The van der Waals surface area contributed by atoms with Crippen LogP contribution in [0.4, 0.5) is 8.78 Å². The first-order valence-electron chi connectivity index (χ1n) is 11.8. The van der Waals surface area contributed by atoms with Crippen LogP contribution in [0.2, 0.25) is 0 Å². The lowest BCUT2D eigenvalue weighted by atomic mass is 9.94. The Hall–Kier alpha value is -4.60. The predicted octanol–water partition coefficient (Wildman–Crippen LogP) is 5.04.